The Morgan fingerprint density at radius 1 is 0.340 bits per heavy atom. The molecule has 0 radical (unpaired) electrons. The van der Waals surface area contributed by atoms with Crippen LogP contribution < -0.4 is 0 Å². The minimum absolute atomic E-state index is 0.443. The van der Waals surface area contributed by atoms with Gasteiger partial charge in [0.05, 0.1) is 11.1 Å². The molecule has 0 amide bonds. The van der Waals surface area contributed by atoms with Gasteiger partial charge in [0.15, 0.2) is 17.5 Å². The molecular weight excluding hydrogens is 629 g/mol. The van der Waals surface area contributed by atoms with Gasteiger partial charge in [-0.05, 0) is 51.6 Å². The van der Waals surface area contributed by atoms with Crippen molar-refractivity contribution in [2.45, 2.75) is 15.2 Å². The van der Waals surface area contributed by atoms with Crippen LogP contribution in [0.1, 0.15) is 22.3 Å². The van der Waals surface area contributed by atoms with Gasteiger partial charge in [-0.2, -0.15) is 0 Å². The van der Waals surface area contributed by atoms with Crippen LogP contribution in [0.15, 0.2) is 180 Å². The first-order valence-electron chi connectivity index (χ1n) is 16.7. The van der Waals surface area contributed by atoms with Gasteiger partial charge in [0, 0.05) is 26.5 Å². The number of aromatic nitrogens is 4. The second-order valence-corrected chi connectivity index (χ2v) is 13.6. The van der Waals surface area contributed by atoms with Gasteiger partial charge in [-0.25, -0.2) is 19.9 Å². The zero-order valence-electron chi connectivity index (χ0n) is 26.9. The summed E-state index contributed by atoms with van der Waals surface area (Å²) < 4.78 is 0. The minimum atomic E-state index is -0.443. The Hall–Kier alpha value is -6.17. The van der Waals surface area contributed by atoms with Crippen LogP contribution in [-0.2, 0) is 5.41 Å². The molecular formula is C45H28N4S. The van der Waals surface area contributed by atoms with Crippen molar-refractivity contribution in [1.82, 2.24) is 19.9 Å². The summed E-state index contributed by atoms with van der Waals surface area (Å²) >= 11 is 1.83. The lowest BCUT2D eigenvalue weighted by molar-refractivity contribution is 0.723. The lowest BCUT2D eigenvalue weighted by Gasteiger charge is -2.40. The zero-order chi connectivity index (χ0) is 33.1. The monoisotopic (exact) mass is 656 g/mol. The molecule has 0 fully saturated rings. The van der Waals surface area contributed by atoms with Gasteiger partial charge in [-0.1, -0.05) is 163 Å². The number of benzene rings is 6. The standard InChI is InChI=1S/C45H28N4S/c1-3-15-29(16-4-1)42-47-43(30-17-5-2-6-18-30)49-44(48-42)39-27-14-26-38(46-39)33-21-13-25-37-41(33)50-40-28-12-11-24-36(40)45(37)34-22-9-7-19-31(34)32-20-8-10-23-35(32)45/h1-28H. The van der Waals surface area contributed by atoms with Gasteiger partial charge in [-0.3, -0.25) is 0 Å². The molecule has 8 aromatic rings. The molecule has 3 heterocycles. The van der Waals surface area contributed by atoms with E-state index in [2.05, 4.69) is 103 Å². The van der Waals surface area contributed by atoms with Crippen molar-refractivity contribution in [3.63, 3.8) is 0 Å². The fourth-order valence-electron chi connectivity index (χ4n) is 7.71. The summed E-state index contributed by atoms with van der Waals surface area (Å²) in [6.45, 7) is 0. The zero-order valence-corrected chi connectivity index (χ0v) is 27.7. The highest BCUT2D eigenvalue weighted by atomic mass is 32.2. The maximum atomic E-state index is 5.28. The predicted octanol–water partition coefficient (Wildman–Crippen LogP) is 10.8. The molecule has 50 heavy (non-hydrogen) atoms. The van der Waals surface area contributed by atoms with Crippen molar-refractivity contribution in [3.05, 3.63) is 192 Å². The molecule has 1 aliphatic heterocycles. The molecule has 4 nitrogen and oxygen atoms in total. The van der Waals surface area contributed by atoms with Gasteiger partial charge >= 0.3 is 0 Å². The summed E-state index contributed by atoms with van der Waals surface area (Å²) in [6.07, 6.45) is 0. The maximum absolute atomic E-state index is 5.28. The molecule has 0 N–H and O–H groups in total. The van der Waals surface area contributed by atoms with Crippen LogP contribution >= 0.6 is 11.8 Å². The Bertz CT molecular complexity index is 2480. The Kier molecular flexibility index (Phi) is 6.61. The molecule has 234 valence electrons. The van der Waals surface area contributed by atoms with Crippen LogP contribution in [0.5, 0.6) is 0 Å². The van der Waals surface area contributed by atoms with Crippen molar-refractivity contribution in [2.24, 2.45) is 0 Å². The Morgan fingerprint density at radius 2 is 0.820 bits per heavy atom. The average Bonchev–Trinajstić information content (AvgIpc) is 3.49. The second-order valence-electron chi connectivity index (χ2n) is 12.6. The third-order valence-corrected chi connectivity index (χ3v) is 11.0. The molecule has 2 aliphatic rings. The van der Waals surface area contributed by atoms with E-state index < -0.39 is 5.41 Å². The smallest absolute Gasteiger partial charge is 0.182 e. The number of pyridine rings is 1. The summed E-state index contributed by atoms with van der Waals surface area (Å²) in [4.78, 5) is 22.6. The predicted molar refractivity (Wildman–Crippen MR) is 201 cm³/mol. The van der Waals surface area contributed by atoms with Crippen LogP contribution in [0.4, 0.5) is 0 Å². The molecule has 1 spiro atoms. The van der Waals surface area contributed by atoms with Crippen molar-refractivity contribution < 1.29 is 0 Å². The highest BCUT2D eigenvalue weighted by molar-refractivity contribution is 7.99. The third kappa shape index (κ3) is 4.34. The lowest BCUT2D eigenvalue weighted by Crippen LogP contribution is -2.32. The van der Waals surface area contributed by atoms with Gasteiger partial charge in [-0.15, -0.1) is 0 Å². The van der Waals surface area contributed by atoms with E-state index >= 15 is 0 Å². The first kappa shape index (κ1) is 28.8. The van der Waals surface area contributed by atoms with Crippen molar-refractivity contribution >= 4 is 11.8 Å². The van der Waals surface area contributed by atoms with Gasteiger partial charge in [0.1, 0.15) is 5.69 Å². The van der Waals surface area contributed by atoms with E-state index in [1.54, 1.807) is 0 Å². The molecule has 5 heteroatoms. The summed E-state index contributed by atoms with van der Waals surface area (Å²) in [5.41, 5.74) is 11.9. The Labute approximate surface area is 294 Å². The van der Waals surface area contributed by atoms with Crippen LogP contribution in [0, 0.1) is 0 Å². The summed E-state index contributed by atoms with van der Waals surface area (Å²) in [5.74, 6) is 1.77. The fourth-order valence-corrected chi connectivity index (χ4v) is 9.02. The number of rotatable bonds is 4. The molecule has 10 rings (SSSR count). The van der Waals surface area contributed by atoms with E-state index in [9.17, 15) is 0 Å². The number of hydrogen-bond donors (Lipinski definition) is 0. The topological polar surface area (TPSA) is 51.6 Å². The van der Waals surface area contributed by atoms with Crippen LogP contribution in [0.2, 0.25) is 0 Å². The third-order valence-electron chi connectivity index (χ3n) is 9.83. The maximum Gasteiger partial charge on any atom is 0.182 e. The number of fused-ring (bicyclic) bond motifs is 9. The highest BCUT2D eigenvalue weighted by Crippen LogP contribution is 2.63. The lowest BCUT2D eigenvalue weighted by atomic mass is 9.67. The van der Waals surface area contributed by atoms with E-state index in [0.29, 0.717) is 23.2 Å². The second kappa shape index (κ2) is 11.5. The highest BCUT2D eigenvalue weighted by Gasteiger charge is 2.50. The summed E-state index contributed by atoms with van der Waals surface area (Å²) in [5, 5.41) is 0. The fraction of sp³-hybridized carbons (Fsp3) is 0.0222. The van der Waals surface area contributed by atoms with E-state index in [4.69, 9.17) is 19.9 Å². The normalized spacial score (nSPS) is 13.3. The minimum Gasteiger partial charge on any atom is -0.244 e. The first-order chi connectivity index (χ1) is 24.8. The molecule has 0 saturated carbocycles. The van der Waals surface area contributed by atoms with Gasteiger partial charge in [0.25, 0.3) is 0 Å². The van der Waals surface area contributed by atoms with E-state index in [1.165, 1.54) is 43.2 Å². The molecule has 0 saturated heterocycles. The largest absolute Gasteiger partial charge is 0.244 e. The van der Waals surface area contributed by atoms with E-state index in [-0.39, 0.29) is 0 Å². The van der Waals surface area contributed by atoms with Gasteiger partial charge < -0.3 is 0 Å². The van der Waals surface area contributed by atoms with Crippen LogP contribution in [-0.4, -0.2) is 19.9 Å². The Morgan fingerprint density at radius 3 is 1.48 bits per heavy atom. The Balaban J connectivity index is 1.18. The van der Waals surface area contributed by atoms with E-state index in [1.807, 2.05) is 78.5 Å². The number of hydrogen-bond acceptors (Lipinski definition) is 5. The van der Waals surface area contributed by atoms with E-state index in [0.717, 1.165) is 22.4 Å². The van der Waals surface area contributed by atoms with Crippen molar-refractivity contribution in [3.8, 4) is 56.7 Å². The first-order valence-corrected chi connectivity index (χ1v) is 17.6. The molecule has 1 aliphatic carbocycles. The SMILES string of the molecule is c1ccc(-c2nc(-c3ccccc3)nc(-c3cccc(-c4cccc5c4Sc4ccccc4C54c5ccccc5-c5ccccc54)n3)n2)cc1. The summed E-state index contributed by atoms with van der Waals surface area (Å²) in [7, 11) is 0. The van der Waals surface area contributed by atoms with Gasteiger partial charge in [0.2, 0.25) is 0 Å². The number of nitrogens with zero attached hydrogens (tertiary/aromatic N) is 4. The van der Waals surface area contributed by atoms with Crippen molar-refractivity contribution in [1.29, 1.82) is 0 Å². The van der Waals surface area contributed by atoms with Crippen LogP contribution in [0.25, 0.3) is 56.7 Å². The molecule has 0 bridgehead atoms. The molecule has 0 atom stereocenters. The average molecular weight is 657 g/mol. The molecule has 2 aromatic heterocycles. The van der Waals surface area contributed by atoms with Crippen LogP contribution in [0.3, 0.4) is 0 Å². The van der Waals surface area contributed by atoms with Crippen molar-refractivity contribution in [2.75, 3.05) is 0 Å². The quantitative estimate of drug-likeness (QED) is 0.189. The summed E-state index contributed by atoms with van der Waals surface area (Å²) in [6, 6.07) is 59.7. The molecule has 0 unspecified atom stereocenters. The molecule has 6 aromatic carbocycles.